The quantitative estimate of drug-likeness (QED) is 0.464. The first kappa shape index (κ1) is 21.1. The molecule has 0 fully saturated rings. The van der Waals surface area contributed by atoms with E-state index in [1.807, 2.05) is 0 Å². The summed E-state index contributed by atoms with van der Waals surface area (Å²) in [6, 6.07) is 16.1. The largest absolute Gasteiger partial charge is 0.437 e. The summed E-state index contributed by atoms with van der Waals surface area (Å²) in [7, 11) is -3.69. The maximum atomic E-state index is 14.0. The van der Waals surface area contributed by atoms with Crippen LogP contribution in [-0.2, 0) is 9.09 Å². The van der Waals surface area contributed by atoms with Crippen molar-refractivity contribution in [2.45, 2.75) is 11.8 Å². The van der Waals surface area contributed by atoms with E-state index in [4.69, 9.17) is 14.4 Å². The zero-order chi connectivity index (χ0) is 21.0. The van der Waals surface area contributed by atoms with Crippen LogP contribution >= 0.6 is 19.1 Å². The van der Waals surface area contributed by atoms with Crippen LogP contribution in [0.2, 0.25) is 0 Å². The minimum Gasteiger partial charge on any atom is -0.437 e. The van der Waals surface area contributed by atoms with Gasteiger partial charge in [-0.15, -0.1) is 11.8 Å². The molecule has 3 aromatic rings. The number of thioether (sulfide) groups is 1. The summed E-state index contributed by atoms with van der Waals surface area (Å²) in [5.74, 6) is -0.299. The number of nitriles is 1. The Labute approximate surface area is 172 Å². The highest BCUT2D eigenvalue weighted by atomic mass is 32.2. The second kappa shape index (κ2) is 8.79. The van der Waals surface area contributed by atoms with Gasteiger partial charge in [-0.2, -0.15) is 5.26 Å². The first-order chi connectivity index (χ1) is 14.0. The lowest BCUT2D eigenvalue weighted by molar-refractivity contribution is 0.346. The number of nitrogens with zero attached hydrogens (tertiary/aromatic N) is 1. The predicted octanol–water partition coefficient (Wildman–Crippen LogP) is 4.42. The molecule has 1 atom stereocenters. The Bertz CT molecular complexity index is 1170. The van der Waals surface area contributed by atoms with Crippen LogP contribution in [0.15, 0.2) is 63.9 Å². The van der Waals surface area contributed by atoms with Crippen LogP contribution in [0, 0.1) is 22.6 Å². The molecular weight excluding hydrogens is 410 g/mol. The van der Waals surface area contributed by atoms with E-state index in [0.29, 0.717) is 15.8 Å². The lowest BCUT2D eigenvalue weighted by atomic mass is 10.1. The number of hydrogen-bond acceptors (Lipinski definition) is 6. The van der Waals surface area contributed by atoms with Crippen LogP contribution < -0.4 is 16.2 Å². The molecule has 0 aliphatic rings. The van der Waals surface area contributed by atoms with E-state index < -0.39 is 13.2 Å². The van der Waals surface area contributed by atoms with E-state index in [1.54, 1.807) is 43.5 Å². The van der Waals surface area contributed by atoms with Crippen molar-refractivity contribution >= 4 is 29.7 Å². The third kappa shape index (κ3) is 3.92. The minimum atomic E-state index is -3.69. The Morgan fingerprint density at radius 2 is 1.86 bits per heavy atom. The van der Waals surface area contributed by atoms with Crippen molar-refractivity contribution in [1.82, 2.24) is 0 Å². The van der Waals surface area contributed by atoms with E-state index in [1.165, 1.54) is 36.0 Å². The smallest absolute Gasteiger partial charge is 0.267 e. The first-order valence-electron chi connectivity index (χ1n) is 8.72. The SMILES string of the molecule is CCOP(=O)(c1ccccc1)c1c(SC)c(C#N)c(-c2ccc(F)cc2)oc1=N. The highest BCUT2D eigenvalue weighted by Gasteiger charge is 2.36. The second-order valence-corrected chi connectivity index (χ2v) is 9.08. The summed E-state index contributed by atoms with van der Waals surface area (Å²) in [5, 5.41) is 18.8. The van der Waals surface area contributed by atoms with Crippen LogP contribution in [-0.4, -0.2) is 12.9 Å². The van der Waals surface area contributed by atoms with Gasteiger partial charge < -0.3 is 8.94 Å². The Morgan fingerprint density at radius 3 is 2.41 bits per heavy atom. The fourth-order valence-corrected chi connectivity index (χ4v) is 6.39. The summed E-state index contributed by atoms with van der Waals surface area (Å²) in [6.07, 6.45) is 1.73. The van der Waals surface area contributed by atoms with Gasteiger partial charge >= 0.3 is 0 Å². The normalized spacial score (nSPS) is 12.9. The number of nitrogens with one attached hydrogen (secondary N) is 1. The van der Waals surface area contributed by atoms with Crippen LogP contribution in [0.25, 0.3) is 11.3 Å². The first-order valence-corrected chi connectivity index (χ1v) is 11.6. The van der Waals surface area contributed by atoms with Crippen molar-refractivity contribution in [1.29, 1.82) is 10.7 Å². The van der Waals surface area contributed by atoms with Crippen LogP contribution in [0.4, 0.5) is 4.39 Å². The van der Waals surface area contributed by atoms with E-state index in [2.05, 4.69) is 6.07 Å². The molecular formula is C21H18FN2O3PS. The molecule has 0 radical (unpaired) electrons. The van der Waals surface area contributed by atoms with Crippen molar-refractivity contribution < 1.29 is 17.9 Å². The van der Waals surface area contributed by atoms with Crippen molar-refractivity contribution in [2.24, 2.45) is 0 Å². The zero-order valence-corrected chi connectivity index (χ0v) is 17.5. The molecule has 0 saturated heterocycles. The predicted molar refractivity (Wildman–Crippen MR) is 111 cm³/mol. The molecule has 0 saturated carbocycles. The zero-order valence-electron chi connectivity index (χ0n) is 15.8. The average Bonchev–Trinajstić information content (AvgIpc) is 2.74. The summed E-state index contributed by atoms with van der Waals surface area (Å²) in [5.41, 5.74) is 0.225. The summed E-state index contributed by atoms with van der Waals surface area (Å²) < 4.78 is 38.7. The monoisotopic (exact) mass is 428 g/mol. The van der Waals surface area contributed by atoms with Gasteiger partial charge in [0.2, 0.25) is 5.55 Å². The van der Waals surface area contributed by atoms with E-state index in [-0.39, 0.29) is 28.8 Å². The van der Waals surface area contributed by atoms with Gasteiger partial charge in [-0.1, -0.05) is 18.2 Å². The molecule has 0 aliphatic carbocycles. The van der Waals surface area contributed by atoms with Gasteiger partial charge in [0.15, 0.2) is 5.76 Å². The topological polar surface area (TPSA) is 87.1 Å². The number of benzene rings is 2. The highest BCUT2D eigenvalue weighted by Crippen LogP contribution is 2.47. The van der Waals surface area contributed by atoms with Crippen molar-refractivity contribution in [3.63, 3.8) is 0 Å². The second-order valence-electron chi connectivity index (χ2n) is 5.94. The molecule has 1 N–H and O–H groups in total. The Balaban J connectivity index is 2.36. The summed E-state index contributed by atoms with van der Waals surface area (Å²) >= 11 is 1.19. The molecule has 1 unspecified atom stereocenters. The Hall–Kier alpha value is -2.65. The molecule has 29 heavy (non-hydrogen) atoms. The molecule has 0 bridgehead atoms. The average molecular weight is 428 g/mol. The molecule has 1 aromatic heterocycles. The molecule has 8 heteroatoms. The maximum Gasteiger partial charge on any atom is 0.267 e. The molecule has 0 aliphatic heterocycles. The van der Waals surface area contributed by atoms with Crippen molar-refractivity contribution in [3.8, 4) is 17.4 Å². The standard InChI is InChI=1S/C21H18FN2O3PS/c1-3-26-28(25,16-7-5-4-6-8-16)19-20(29-2)17(13-23)18(27-21(19)24)14-9-11-15(22)12-10-14/h4-12,24H,3H2,1-2H3. The third-order valence-corrected chi connectivity index (χ3v) is 7.80. The maximum absolute atomic E-state index is 14.0. The van der Waals surface area contributed by atoms with Crippen molar-refractivity contribution in [2.75, 3.05) is 12.9 Å². The van der Waals surface area contributed by atoms with Crippen molar-refractivity contribution in [3.05, 3.63) is 71.5 Å². The Morgan fingerprint density at radius 1 is 1.21 bits per heavy atom. The van der Waals surface area contributed by atoms with Crippen LogP contribution in [0.3, 0.4) is 0 Å². The molecule has 148 valence electrons. The Kier molecular flexibility index (Phi) is 6.39. The number of rotatable bonds is 6. The van der Waals surface area contributed by atoms with Gasteiger partial charge in [-0.25, -0.2) is 4.39 Å². The van der Waals surface area contributed by atoms with E-state index in [9.17, 15) is 14.2 Å². The lowest BCUT2D eigenvalue weighted by Crippen LogP contribution is -2.33. The van der Waals surface area contributed by atoms with Gasteiger partial charge in [0, 0.05) is 15.8 Å². The molecule has 5 nitrogen and oxygen atoms in total. The van der Waals surface area contributed by atoms with E-state index in [0.717, 1.165) is 0 Å². The van der Waals surface area contributed by atoms with Gasteiger partial charge in [-0.3, -0.25) is 9.97 Å². The highest BCUT2D eigenvalue weighted by molar-refractivity contribution is 7.99. The minimum absolute atomic E-state index is 0.0560. The molecule has 0 spiro atoms. The van der Waals surface area contributed by atoms with Crippen LogP contribution in [0.5, 0.6) is 0 Å². The summed E-state index contributed by atoms with van der Waals surface area (Å²) in [6.45, 7) is 1.87. The fraction of sp³-hybridized carbons (Fsp3) is 0.143. The number of halogens is 1. The molecule has 2 aromatic carbocycles. The number of hydrogen-bond donors (Lipinski definition) is 1. The third-order valence-electron chi connectivity index (χ3n) is 4.21. The lowest BCUT2D eigenvalue weighted by Gasteiger charge is -2.21. The van der Waals surface area contributed by atoms with Gasteiger partial charge in [0.05, 0.1) is 6.61 Å². The molecule has 3 rings (SSSR count). The van der Waals surface area contributed by atoms with Crippen LogP contribution in [0.1, 0.15) is 12.5 Å². The summed E-state index contributed by atoms with van der Waals surface area (Å²) in [4.78, 5) is 0.351. The van der Waals surface area contributed by atoms with Gasteiger partial charge in [0.25, 0.3) is 7.37 Å². The molecule has 0 amide bonds. The fourth-order valence-electron chi connectivity index (χ4n) is 2.97. The van der Waals surface area contributed by atoms with Gasteiger partial charge in [0.1, 0.15) is 22.8 Å². The van der Waals surface area contributed by atoms with Gasteiger partial charge in [-0.05, 0) is 49.6 Å². The molecule has 1 heterocycles. The van der Waals surface area contributed by atoms with E-state index >= 15 is 0 Å².